The predicted octanol–water partition coefficient (Wildman–Crippen LogP) is -0.161. The lowest BCUT2D eigenvalue weighted by molar-refractivity contribution is -0.150. The zero-order valence-electron chi connectivity index (χ0n) is 10.6. The van der Waals surface area contributed by atoms with E-state index in [1.54, 1.807) is 0 Å². The van der Waals surface area contributed by atoms with E-state index in [0.29, 0.717) is 19.4 Å². The summed E-state index contributed by atoms with van der Waals surface area (Å²) in [7, 11) is 1.54. The number of piperidine rings is 1. The van der Waals surface area contributed by atoms with Gasteiger partial charge in [0.15, 0.2) is 0 Å². The van der Waals surface area contributed by atoms with Gasteiger partial charge < -0.3 is 15.4 Å². The lowest BCUT2D eigenvalue weighted by atomic mass is 9.75. The van der Waals surface area contributed by atoms with Crippen molar-refractivity contribution in [1.82, 2.24) is 15.5 Å². The van der Waals surface area contributed by atoms with Gasteiger partial charge in [-0.2, -0.15) is 0 Å². The summed E-state index contributed by atoms with van der Waals surface area (Å²) in [5.74, 6) is -0.103. The van der Waals surface area contributed by atoms with E-state index in [4.69, 9.17) is 4.74 Å². The molecule has 3 saturated heterocycles. The Balaban J connectivity index is 1.85. The summed E-state index contributed by atoms with van der Waals surface area (Å²) < 4.78 is 5.95. The lowest BCUT2D eigenvalue weighted by Gasteiger charge is -2.46. The van der Waals surface area contributed by atoms with Crippen molar-refractivity contribution in [3.8, 4) is 0 Å². The minimum Gasteiger partial charge on any atom is -0.375 e. The number of amides is 3. The topological polar surface area (TPSA) is 70.7 Å². The van der Waals surface area contributed by atoms with Gasteiger partial charge in [0.2, 0.25) is 0 Å². The van der Waals surface area contributed by atoms with Crippen molar-refractivity contribution in [1.29, 1.82) is 0 Å². The van der Waals surface area contributed by atoms with Crippen LogP contribution < -0.4 is 10.6 Å². The lowest BCUT2D eigenvalue weighted by Crippen LogP contribution is -2.60. The van der Waals surface area contributed by atoms with Crippen LogP contribution in [0, 0.1) is 0 Å². The van der Waals surface area contributed by atoms with Gasteiger partial charge in [-0.15, -0.1) is 0 Å². The van der Waals surface area contributed by atoms with Crippen LogP contribution in [0.25, 0.3) is 0 Å². The third kappa shape index (κ3) is 1.63. The van der Waals surface area contributed by atoms with Crippen molar-refractivity contribution < 1.29 is 14.3 Å². The van der Waals surface area contributed by atoms with Gasteiger partial charge >= 0.3 is 6.03 Å². The fourth-order valence-electron chi connectivity index (χ4n) is 3.38. The van der Waals surface area contributed by atoms with Crippen molar-refractivity contribution in [2.45, 2.75) is 36.8 Å². The summed E-state index contributed by atoms with van der Waals surface area (Å²) in [4.78, 5) is 25.2. The van der Waals surface area contributed by atoms with E-state index in [9.17, 15) is 9.59 Å². The molecule has 0 bridgehead atoms. The third-order valence-corrected chi connectivity index (χ3v) is 4.44. The molecule has 0 aliphatic carbocycles. The first-order valence-corrected chi connectivity index (χ1v) is 6.52. The van der Waals surface area contributed by atoms with E-state index >= 15 is 0 Å². The number of rotatable bonds is 0. The summed E-state index contributed by atoms with van der Waals surface area (Å²) in [6.07, 6.45) is 3.00. The van der Waals surface area contributed by atoms with E-state index in [-0.39, 0.29) is 17.5 Å². The van der Waals surface area contributed by atoms with Crippen LogP contribution in [0.5, 0.6) is 0 Å². The number of hydrogen-bond acceptors (Lipinski definition) is 4. The number of nitrogens with one attached hydrogen (secondary N) is 2. The minimum atomic E-state index is -0.721. The van der Waals surface area contributed by atoms with Crippen LogP contribution in [0.4, 0.5) is 4.79 Å². The molecule has 3 aliphatic rings. The third-order valence-electron chi connectivity index (χ3n) is 4.44. The highest BCUT2D eigenvalue weighted by molar-refractivity contribution is 6.06. The Morgan fingerprint density at radius 3 is 2.56 bits per heavy atom. The zero-order valence-corrected chi connectivity index (χ0v) is 10.6. The van der Waals surface area contributed by atoms with Gasteiger partial charge in [0.05, 0.1) is 12.2 Å². The van der Waals surface area contributed by atoms with E-state index in [0.717, 1.165) is 25.9 Å². The Labute approximate surface area is 106 Å². The van der Waals surface area contributed by atoms with Crippen molar-refractivity contribution in [2.75, 3.05) is 26.7 Å². The average molecular weight is 253 g/mol. The van der Waals surface area contributed by atoms with Gasteiger partial charge in [-0.1, -0.05) is 0 Å². The number of nitrogens with zero attached hydrogens (tertiary/aromatic N) is 1. The van der Waals surface area contributed by atoms with Crippen LogP contribution in [-0.2, 0) is 9.53 Å². The highest BCUT2D eigenvalue weighted by Gasteiger charge is 2.56. The Morgan fingerprint density at radius 2 is 1.94 bits per heavy atom. The van der Waals surface area contributed by atoms with E-state index < -0.39 is 5.54 Å². The number of imide groups is 1. The molecule has 100 valence electrons. The molecular weight excluding hydrogens is 234 g/mol. The molecule has 3 amide bonds. The zero-order chi connectivity index (χ0) is 12.8. The molecule has 1 atom stereocenters. The van der Waals surface area contributed by atoms with Gasteiger partial charge in [-0.25, -0.2) is 4.79 Å². The second kappa shape index (κ2) is 3.93. The quantitative estimate of drug-likeness (QED) is 0.589. The maximum Gasteiger partial charge on any atom is 0.324 e. The van der Waals surface area contributed by atoms with Crippen LogP contribution in [0.2, 0.25) is 0 Å². The number of ether oxygens (including phenoxy) is 1. The maximum absolute atomic E-state index is 12.3. The normalized spacial score (nSPS) is 35.3. The molecule has 6 nitrogen and oxygen atoms in total. The summed E-state index contributed by atoms with van der Waals surface area (Å²) in [6.45, 7) is 2.36. The molecule has 0 aromatic heterocycles. The summed E-state index contributed by atoms with van der Waals surface area (Å²) in [6, 6.07) is -0.286. The monoisotopic (exact) mass is 253 g/mol. The number of carbonyl (C=O) groups excluding carboxylic acids is 2. The fourth-order valence-corrected chi connectivity index (χ4v) is 3.38. The van der Waals surface area contributed by atoms with Crippen LogP contribution in [0.15, 0.2) is 0 Å². The Hall–Kier alpha value is -1.14. The molecule has 0 radical (unpaired) electrons. The molecule has 3 fully saturated rings. The predicted molar refractivity (Wildman–Crippen MR) is 64.1 cm³/mol. The minimum absolute atomic E-state index is 0.103. The molecule has 2 N–H and O–H groups in total. The molecule has 3 aliphatic heterocycles. The van der Waals surface area contributed by atoms with Gasteiger partial charge in [0.25, 0.3) is 5.91 Å². The molecule has 0 aromatic rings. The first-order valence-electron chi connectivity index (χ1n) is 6.52. The number of likely N-dealkylation sites (N-methyl/N-ethyl adjacent to an activating group) is 1. The molecule has 0 saturated carbocycles. The Kier molecular flexibility index (Phi) is 2.60. The molecule has 3 rings (SSSR count). The summed E-state index contributed by atoms with van der Waals surface area (Å²) in [5.41, 5.74) is -0.959. The van der Waals surface area contributed by atoms with E-state index in [1.165, 1.54) is 11.9 Å². The van der Waals surface area contributed by atoms with Crippen molar-refractivity contribution in [3.05, 3.63) is 0 Å². The van der Waals surface area contributed by atoms with Crippen LogP contribution in [0.1, 0.15) is 25.7 Å². The van der Waals surface area contributed by atoms with Crippen LogP contribution in [-0.4, -0.2) is 54.7 Å². The first-order chi connectivity index (χ1) is 8.57. The van der Waals surface area contributed by atoms with E-state index in [1.807, 2.05) is 0 Å². The second-order valence-electron chi connectivity index (χ2n) is 5.58. The molecule has 2 spiro atoms. The number of hydrogen-bond donors (Lipinski definition) is 2. The smallest absolute Gasteiger partial charge is 0.324 e. The molecule has 3 heterocycles. The summed E-state index contributed by atoms with van der Waals surface area (Å²) in [5, 5.41) is 6.18. The second-order valence-corrected chi connectivity index (χ2v) is 5.58. The number of urea groups is 1. The molecule has 18 heavy (non-hydrogen) atoms. The molecule has 1 unspecified atom stereocenters. The van der Waals surface area contributed by atoms with Crippen molar-refractivity contribution in [3.63, 3.8) is 0 Å². The molecule has 6 heteroatoms. The Morgan fingerprint density at radius 1 is 1.22 bits per heavy atom. The van der Waals surface area contributed by atoms with Gasteiger partial charge in [-0.3, -0.25) is 9.69 Å². The molecule has 0 aromatic carbocycles. The first kappa shape index (κ1) is 11.9. The largest absolute Gasteiger partial charge is 0.375 e. The standard InChI is InChI=1S/C12H19N3O3/c1-15-9(16)12(14-10(15)17)4-7-18-11(8-12)2-5-13-6-3-11/h13H,2-8H2,1H3,(H,14,17). The SMILES string of the molecule is CN1C(=O)NC2(CCOC3(CCNCC3)C2)C1=O. The van der Waals surface area contributed by atoms with E-state index in [2.05, 4.69) is 10.6 Å². The van der Waals surface area contributed by atoms with Crippen LogP contribution in [0.3, 0.4) is 0 Å². The van der Waals surface area contributed by atoms with Crippen molar-refractivity contribution in [2.24, 2.45) is 0 Å². The highest BCUT2D eigenvalue weighted by atomic mass is 16.5. The van der Waals surface area contributed by atoms with Gasteiger partial charge in [0.1, 0.15) is 5.54 Å². The van der Waals surface area contributed by atoms with Crippen molar-refractivity contribution >= 4 is 11.9 Å². The molecular formula is C12H19N3O3. The highest BCUT2D eigenvalue weighted by Crippen LogP contribution is 2.40. The fraction of sp³-hybridized carbons (Fsp3) is 0.833. The number of carbonyl (C=O) groups is 2. The average Bonchev–Trinajstić information content (AvgIpc) is 2.55. The van der Waals surface area contributed by atoms with Gasteiger partial charge in [-0.05, 0) is 25.9 Å². The Bertz CT molecular complexity index is 387. The van der Waals surface area contributed by atoms with Crippen LogP contribution >= 0.6 is 0 Å². The maximum atomic E-state index is 12.3. The van der Waals surface area contributed by atoms with Gasteiger partial charge in [0, 0.05) is 19.9 Å². The summed E-state index contributed by atoms with van der Waals surface area (Å²) >= 11 is 0.